The Balaban J connectivity index is 1.22. The molecule has 6 rings (SSSR count). The molecule has 154 valence electrons. The summed E-state index contributed by atoms with van der Waals surface area (Å²) in [5, 5.41) is 0. The molecule has 6 heterocycles. The topological polar surface area (TPSA) is 54.0 Å². The van der Waals surface area contributed by atoms with Crippen LogP contribution in [-0.4, -0.2) is 91.0 Å². The SMILES string of the molecule is c1nc(N2CCOCC2)ncc1CN1C[C@H]2CC[C@@H]1CN(C1CCOCC1)C2. The molecule has 0 unspecified atom stereocenters. The molecule has 0 aromatic carbocycles. The van der Waals surface area contributed by atoms with Gasteiger partial charge in [0.1, 0.15) is 0 Å². The third-order valence-corrected chi connectivity index (χ3v) is 6.93. The molecule has 1 aromatic rings. The van der Waals surface area contributed by atoms with Crippen molar-refractivity contribution in [1.29, 1.82) is 0 Å². The molecule has 2 atom stereocenters. The van der Waals surface area contributed by atoms with Crippen LogP contribution in [0.2, 0.25) is 0 Å². The van der Waals surface area contributed by atoms with Crippen LogP contribution in [0.15, 0.2) is 12.4 Å². The molecule has 0 spiro atoms. The van der Waals surface area contributed by atoms with Gasteiger partial charge in [-0.2, -0.15) is 0 Å². The van der Waals surface area contributed by atoms with Crippen molar-refractivity contribution in [3.05, 3.63) is 18.0 Å². The van der Waals surface area contributed by atoms with E-state index in [1.165, 1.54) is 50.9 Å². The lowest BCUT2D eigenvalue weighted by molar-refractivity contribution is 0.0307. The molecule has 5 fully saturated rings. The first kappa shape index (κ1) is 18.7. The van der Waals surface area contributed by atoms with Gasteiger partial charge in [0.25, 0.3) is 0 Å². The van der Waals surface area contributed by atoms with Crippen molar-refractivity contribution in [3.8, 4) is 0 Å². The number of hydrogen-bond donors (Lipinski definition) is 0. The van der Waals surface area contributed by atoms with Crippen LogP contribution in [0.4, 0.5) is 5.95 Å². The van der Waals surface area contributed by atoms with Crippen molar-refractivity contribution in [2.75, 3.05) is 64.1 Å². The summed E-state index contributed by atoms with van der Waals surface area (Å²) in [4.78, 5) is 17.0. The average molecular weight is 388 g/mol. The number of rotatable bonds is 4. The third kappa shape index (κ3) is 4.17. The van der Waals surface area contributed by atoms with Gasteiger partial charge in [0.05, 0.1) is 13.2 Å². The molecule has 0 amide bonds. The number of aromatic nitrogens is 2. The number of piperidine rings is 1. The van der Waals surface area contributed by atoms with Gasteiger partial charge in [-0.3, -0.25) is 9.80 Å². The van der Waals surface area contributed by atoms with Crippen molar-refractivity contribution < 1.29 is 9.47 Å². The lowest BCUT2D eigenvalue weighted by atomic mass is 9.94. The molecule has 5 aliphatic rings. The van der Waals surface area contributed by atoms with E-state index >= 15 is 0 Å². The lowest BCUT2D eigenvalue weighted by Gasteiger charge is -2.37. The maximum Gasteiger partial charge on any atom is 0.225 e. The van der Waals surface area contributed by atoms with E-state index < -0.39 is 0 Å². The second kappa shape index (κ2) is 8.61. The molecule has 0 N–H and O–H groups in total. The molecule has 5 saturated heterocycles. The summed E-state index contributed by atoms with van der Waals surface area (Å²) in [6.45, 7) is 9.87. The Hall–Kier alpha value is -1.28. The number of ether oxygens (including phenoxy) is 2. The summed E-state index contributed by atoms with van der Waals surface area (Å²) >= 11 is 0. The van der Waals surface area contributed by atoms with Crippen molar-refractivity contribution in [1.82, 2.24) is 19.8 Å². The standard InChI is InChI=1S/C21H33N5O2/c1-2-20-16-26(19-3-7-27-8-4-19)14-17(1)13-25(20)15-18-11-22-21(23-12-18)24-5-9-28-10-6-24/h11-12,17,19-20H,1-10,13-16H2/t17-,20-/m1/s1. The number of anilines is 1. The third-order valence-electron chi connectivity index (χ3n) is 6.93. The maximum atomic E-state index is 5.58. The molecule has 5 aliphatic heterocycles. The van der Waals surface area contributed by atoms with E-state index in [-0.39, 0.29) is 0 Å². The zero-order valence-electron chi connectivity index (χ0n) is 16.8. The minimum absolute atomic E-state index is 0.667. The van der Waals surface area contributed by atoms with E-state index in [0.717, 1.165) is 64.0 Å². The van der Waals surface area contributed by atoms with Gasteiger partial charge in [-0.05, 0) is 31.6 Å². The largest absolute Gasteiger partial charge is 0.381 e. The number of morpholine rings is 1. The van der Waals surface area contributed by atoms with Gasteiger partial charge in [0.2, 0.25) is 5.95 Å². The van der Waals surface area contributed by atoms with E-state index in [0.29, 0.717) is 6.04 Å². The number of hydrogen-bond acceptors (Lipinski definition) is 7. The van der Waals surface area contributed by atoms with E-state index in [2.05, 4.69) is 24.7 Å². The van der Waals surface area contributed by atoms with Crippen LogP contribution < -0.4 is 4.90 Å². The summed E-state index contributed by atoms with van der Waals surface area (Å²) in [7, 11) is 0. The van der Waals surface area contributed by atoms with Crippen LogP contribution in [0, 0.1) is 5.92 Å². The fraction of sp³-hybridized carbons (Fsp3) is 0.810. The average Bonchev–Trinajstić information content (AvgIpc) is 3.08. The summed E-state index contributed by atoms with van der Waals surface area (Å²) < 4.78 is 11.0. The van der Waals surface area contributed by atoms with Crippen LogP contribution in [0.5, 0.6) is 0 Å². The maximum absolute atomic E-state index is 5.58. The highest BCUT2D eigenvalue weighted by Crippen LogP contribution is 2.31. The van der Waals surface area contributed by atoms with Gasteiger partial charge in [0, 0.05) is 82.5 Å². The first-order valence-electron chi connectivity index (χ1n) is 11.0. The quantitative estimate of drug-likeness (QED) is 0.774. The van der Waals surface area contributed by atoms with Gasteiger partial charge in [0.15, 0.2) is 0 Å². The fourth-order valence-corrected chi connectivity index (χ4v) is 5.35. The van der Waals surface area contributed by atoms with Crippen LogP contribution in [0.1, 0.15) is 31.2 Å². The minimum atomic E-state index is 0.667. The zero-order chi connectivity index (χ0) is 18.8. The molecule has 0 radical (unpaired) electrons. The molecular weight excluding hydrogens is 354 g/mol. The minimum Gasteiger partial charge on any atom is -0.381 e. The molecule has 0 aliphatic carbocycles. The number of fused-ring (bicyclic) bond motifs is 4. The Kier molecular flexibility index (Phi) is 5.76. The Labute approximate surface area is 168 Å². The van der Waals surface area contributed by atoms with Crippen LogP contribution >= 0.6 is 0 Å². The van der Waals surface area contributed by atoms with Crippen molar-refractivity contribution in [2.24, 2.45) is 5.92 Å². The smallest absolute Gasteiger partial charge is 0.225 e. The van der Waals surface area contributed by atoms with E-state index in [1.807, 2.05) is 12.4 Å². The first-order chi connectivity index (χ1) is 13.8. The molecule has 7 heteroatoms. The lowest BCUT2D eigenvalue weighted by Crippen LogP contribution is -2.45. The van der Waals surface area contributed by atoms with Gasteiger partial charge >= 0.3 is 0 Å². The van der Waals surface area contributed by atoms with Gasteiger partial charge < -0.3 is 14.4 Å². The van der Waals surface area contributed by atoms with Gasteiger partial charge in [-0.1, -0.05) is 0 Å². The van der Waals surface area contributed by atoms with Crippen molar-refractivity contribution in [2.45, 2.75) is 44.3 Å². The van der Waals surface area contributed by atoms with E-state index in [4.69, 9.17) is 9.47 Å². The second-order valence-corrected chi connectivity index (χ2v) is 8.81. The molecule has 2 bridgehead atoms. The number of nitrogens with zero attached hydrogens (tertiary/aromatic N) is 5. The predicted molar refractivity (Wildman–Crippen MR) is 107 cm³/mol. The zero-order valence-corrected chi connectivity index (χ0v) is 16.8. The molecule has 28 heavy (non-hydrogen) atoms. The summed E-state index contributed by atoms with van der Waals surface area (Å²) in [5.41, 5.74) is 1.24. The fourth-order valence-electron chi connectivity index (χ4n) is 5.35. The molecule has 0 saturated carbocycles. The Morgan fingerprint density at radius 1 is 0.821 bits per heavy atom. The summed E-state index contributed by atoms with van der Waals surface area (Å²) in [6, 6.07) is 1.40. The molecule has 7 nitrogen and oxygen atoms in total. The normalized spacial score (nSPS) is 30.5. The monoisotopic (exact) mass is 387 g/mol. The van der Waals surface area contributed by atoms with Crippen molar-refractivity contribution >= 4 is 5.95 Å². The summed E-state index contributed by atoms with van der Waals surface area (Å²) in [6.07, 6.45) is 9.19. The van der Waals surface area contributed by atoms with E-state index in [1.54, 1.807) is 0 Å². The highest BCUT2D eigenvalue weighted by molar-refractivity contribution is 5.30. The Morgan fingerprint density at radius 2 is 1.57 bits per heavy atom. The predicted octanol–water partition coefficient (Wildman–Crippen LogP) is 1.39. The van der Waals surface area contributed by atoms with Crippen LogP contribution in [-0.2, 0) is 16.0 Å². The molecular formula is C21H33N5O2. The van der Waals surface area contributed by atoms with Crippen LogP contribution in [0.3, 0.4) is 0 Å². The van der Waals surface area contributed by atoms with Crippen LogP contribution in [0.25, 0.3) is 0 Å². The Bertz CT molecular complexity index is 630. The van der Waals surface area contributed by atoms with Gasteiger partial charge in [-0.15, -0.1) is 0 Å². The first-order valence-corrected chi connectivity index (χ1v) is 11.0. The van der Waals surface area contributed by atoms with Crippen molar-refractivity contribution in [3.63, 3.8) is 0 Å². The second-order valence-electron chi connectivity index (χ2n) is 8.81. The molecule has 1 aromatic heterocycles. The summed E-state index contributed by atoms with van der Waals surface area (Å²) in [5.74, 6) is 1.64. The van der Waals surface area contributed by atoms with E-state index in [9.17, 15) is 0 Å². The van der Waals surface area contributed by atoms with Gasteiger partial charge in [-0.25, -0.2) is 9.97 Å². The Morgan fingerprint density at radius 3 is 2.36 bits per heavy atom. The highest BCUT2D eigenvalue weighted by Gasteiger charge is 2.37. The highest BCUT2D eigenvalue weighted by atomic mass is 16.5.